The Kier molecular flexibility index (Phi) is 3.52. The third-order valence-corrected chi connectivity index (χ3v) is 3.68. The standard InChI is InChI=1S/C11H11N3O3S/c1-17-10-5-7-12-9(14-10)8-18(15,16)11-4-2-3-6-13-11/h2-7H,8H2,1H3. The molecule has 94 valence electrons. The van der Waals surface area contributed by atoms with Crippen LogP contribution < -0.4 is 4.74 Å². The van der Waals surface area contributed by atoms with Crippen LogP contribution in [0.1, 0.15) is 5.82 Å². The number of pyridine rings is 1. The minimum atomic E-state index is -3.53. The zero-order chi connectivity index (χ0) is 13.0. The molecule has 2 aromatic heterocycles. The molecule has 0 aliphatic rings. The maximum absolute atomic E-state index is 12.0. The number of rotatable bonds is 4. The Morgan fingerprint density at radius 3 is 2.67 bits per heavy atom. The average molecular weight is 265 g/mol. The van der Waals surface area contributed by atoms with Gasteiger partial charge in [0.05, 0.1) is 7.11 Å². The van der Waals surface area contributed by atoms with Crippen molar-refractivity contribution in [1.82, 2.24) is 15.0 Å². The quantitative estimate of drug-likeness (QED) is 0.815. The highest BCUT2D eigenvalue weighted by Gasteiger charge is 2.18. The van der Waals surface area contributed by atoms with Crippen molar-refractivity contribution in [3.63, 3.8) is 0 Å². The Labute approximate surface area is 105 Å². The van der Waals surface area contributed by atoms with Crippen molar-refractivity contribution in [2.24, 2.45) is 0 Å². The van der Waals surface area contributed by atoms with Gasteiger partial charge in [-0.2, -0.15) is 4.98 Å². The fourth-order valence-electron chi connectivity index (χ4n) is 1.34. The zero-order valence-electron chi connectivity index (χ0n) is 9.65. The molecule has 6 nitrogen and oxygen atoms in total. The number of aromatic nitrogens is 3. The van der Waals surface area contributed by atoms with E-state index in [2.05, 4.69) is 15.0 Å². The number of hydrogen-bond donors (Lipinski definition) is 0. The van der Waals surface area contributed by atoms with Gasteiger partial charge in [-0.1, -0.05) is 6.07 Å². The average Bonchev–Trinajstić information content (AvgIpc) is 2.39. The monoisotopic (exact) mass is 265 g/mol. The van der Waals surface area contributed by atoms with E-state index < -0.39 is 9.84 Å². The van der Waals surface area contributed by atoms with Crippen LogP contribution in [-0.4, -0.2) is 30.5 Å². The molecule has 0 aliphatic carbocycles. The van der Waals surface area contributed by atoms with E-state index in [1.807, 2.05) is 0 Å². The van der Waals surface area contributed by atoms with Gasteiger partial charge in [0.1, 0.15) is 11.6 Å². The molecule has 0 atom stereocenters. The molecule has 18 heavy (non-hydrogen) atoms. The van der Waals surface area contributed by atoms with Gasteiger partial charge < -0.3 is 4.74 Å². The van der Waals surface area contributed by atoms with Gasteiger partial charge in [0.25, 0.3) is 0 Å². The summed E-state index contributed by atoms with van der Waals surface area (Å²) >= 11 is 0. The summed E-state index contributed by atoms with van der Waals surface area (Å²) in [7, 11) is -2.07. The largest absolute Gasteiger partial charge is 0.481 e. The van der Waals surface area contributed by atoms with Gasteiger partial charge in [-0.25, -0.2) is 18.4 Å². The molecular formula is C11H11N3O3S. The molecular weight excluding hydrogens is 254 g/mol. The highest BCUT2D eigenvalue weighted by atomic mass is 32.2. The van der Waals surface area contributed by atoms with E-state index in [1.165, 1.54) is 25.6 Å². The second-order valence-corrected chi connectivity index (χ2v) is 5.38. The summed E-state index contributed by atoms with van der Waals surface area (Å²) < 4.78 is 28.9. The molecule has 0 aliphatic heterocycles. The maximum Gasteiger partial charge on any atom is 0.216 e. The summed E-state index contributed by atoms with van der Waals surface area (Å²) in [6.45, 7) is 0. The topological polar surface area (TPSA) is 82.0 Å². The third-order valence-electron chi connectivity index (χ3n) is 2.16. The Morgan fingerprint density at radius 1 is 1.17 bits per heavy atom. The lowest BCUT2D eigenvalue weighted by atomic mass is 10.5. The van der Waals surface area contributed by atoms with Crippen molar-refractivity contribution < 1.29 is 13.2 Å². The van der Waals surface area contributed by atoms with Crippen LogP contribution in [0.25, 0.3) is 0 Å². The van der Waals surface area contributed by atoms with Gasteiger partial charge in [0.15, 0.2) is 5.03 Å². The smallest absolute Gasteiger partial charge is 0.216 e. The molecule has 7 heteroatoms. The summed E-state index contributed by atoms with van der Waals surface area (Å²) in [6.07, 6.45) is 2.88. The Bertz CT molecular complexity index is 629. The number of ether oxygens (including phenoxy) is 1. The normalized spacial score (nSPS) is 11.2. The second kappa shape index (κ2) is 5.09. The fourth-order valence-corrected chi connectivity index (χ4v) is 2.47. The lowest BCUT2D eigenvalue weighted by molar-refractivity contribution is 0.395. The van der Waals surface area contributed by atoms with Crippen LogP contribution >= 0.6 is 0 Å². The molecule has 0 saturated heterocycles. The highest BCUT2D eigenvalue weighted by molar-refractivity contribution is 7.90. The highest BCUT2D eigenvalue weighted by Crippen LogP contribution is 2.12. The van der Waals surface area contributed by atoms with Gasteiger partial charge in [-0.05, 0) is 12.1 Å². The van der Waals surface area contributed by atoms with Gasteiger partial charge in [0.2, 0.25) is 15.7 Å². The molecule has 0 radical (unpaired) electrons. The van der Waals surface area contributed by atoms with E-state index in [0.717, 1.165) is 0 Å². The van der Waals surface area contributed by atoms with Crippen LogP contribution in [0.4, 0.5) is 0 Å². The summed E-state index contributed by atoms with van der Waals surface area (Å²) in [5.74, 6) is 0.206. The molecule has 0 bridgehead atoms. The van der Waals surface area contributed by atoms with Crippen molar-refractivity contribution in [3.8, 4) is 5.88 Å². The van der Waals surface area contributed by atoms with E-state index in [-0.39, 0.29) is 16.6 Å². The molecule has 0 saturated carbocycles. The first-order valence-corrected chi connectivity index (χ1v) is 6.77. The number of sulfone groups is 1. The van der Waals surface area contributed by atoms with Crippen LogP contribution in [0, 0.1) is 0 Å². The Morgan fingerprint density at radius 2 is 2.00 bits per heavy atom. The van der Waals surface area contributed by atoms with Crippen LogP contribution in [0.3, 0.4) is 0 Å². The molecule has 2 rings (SSSR count). The predicted molar refractivity (Wildman–Crippen MR) is 63.7 cm³/mol. The van der Waals surface area contributed by atoms with Crippen molar-refractivity contribution >= 4 is 9.84 Å². The zero-order valence-corrected chi connectivity index (χ0v) is 10.5. The number of hydrogen-bond acceptors (Lipinski definition) is 6. The molecule has 2 aromatic rings. The van der Waals surface area contributed by atoms with E-state index in [1.54, 1.807) is 18.2 Å². The molecule has 0 fully saturated rings. The van der Waals surface area contributed by atoms with Gasteiger partial charge in [-0.15, -0.1) is 0 Å². The SMILES string of the molecule is COc1ccnc(CS(=O)(=O)c2ccccn2)n1. The van der Waals surface area contributed by atoms with Crippen LogP contribution in [-0.2, 0) is 15.6 Å². The Hall–Kier alpha value is -2.02. The van der Waals surface area contributed by atoms with Crippen molar-refractivity contribution in [2.75, 3.05) is 7.11 Å². The number of nitrogens with zero attached hydrogens (tertiary/aromatic N) is 3. The van der Waals surface area contributed by atoms with E-state index >= 15 is 0 Å². The minimum Gasteiger partial charge on any atom is -0.481 e. The number of methoxy groups -OCH3 is 1. The lowest BCUT2D eigenvalue weighted by Gasteiger charge is -2.03. The molecule has 0 spiro atoms. The molecule has 2 heterocycles. The summed E-state index contributed by atoms with van der Waals surface area (Å²) in [5.41, 5.74) is 0. The van der Waals surface area contributed by atoms with Crippen molar-refractivity contribution in [1.29, 1.82) is 0 Å². The van der Waals surface area contributed by atoms with Gasteiger partial charge in [0, 0.05) is 18.5 Å². The molecule has 0 aromatic carbocycles. The van der Waals surface area contributed by atoms with Crippen LogP contribution in [0.2, 0.25) is 0 Å². The first-order valence-electron chi connectivity index (χ1n) is 5.11. The van der Waals surface area contributed by atoms with Crippen LogP contribution in [0.15, 0.2) is 41.7 Å². The first kappa shape index (κ1) is 12.4. The van der Waals surface area contributed by atoms with Crippen molar-refractivity contribution in [2.45, 2.75) is 10.8 Å². The van der Waals surface area contributed by atoms with E-state index in [9.17, 15) is 8.42 Å². The predicted octanol–water partition coefficient (Wildman–Crippen LogP) is 0.854. The maximum atomic E-state index is 12.0. The summed E-state index contributed by atoms with van der Waals surface area (Å²) in [4.78, 5) is 11.7. The Balaban J connectivity index is 2.28. The van der Waals surface area contributed by atoms with E-state index in [4.69, 9.17) is 4.74 Å². The van der Waals surface area contributed by atoms with Crippen LogP contribution in [0.5, 0.6) is 5.88 Å². The summed E-state index contributed by atoms with van der Waals surface area (Å²) in [6, 6.07) is 6.26. The first-order chi connectivity index (χ1) is 8.62. The fraction of sp³-hybridized carbons (Fsp3) is 0.182. The lowest BCUT2D eigenvalue weighted by Crippen LogP contribution is -2.09. The molecule has 0 unspecified atom stereocenters. The molecule has 0 amide bonds. The van der Waals surface area contributed by atoms with Crippen molar-refractivity contribution in [3.05, 3.63) is 42.5 Å². The van der Waals surface area contributed by atoms with Gasteiger partial charge in [-0.3, -0.25) is 0 Å². The second-order valence-electron chi connectivity index (χ2n) is 3.44. The summed E-state index contributed by atoms with van der Waals surface area (Å²) in [5, 5.41) is 0.0106. The minimum absolute atomic E-state index is 0.0106. The third kappa shape index (κ3) is 2.80. The molecule has 0 N–H and O–H groups in total. The van der Waals surface area contributed by atoms with Gasteiger partial charge >= 0.3 is 0 Å². The van der Waals surface area contributed by atoms with E-state index in [0.29, 0.717) is 5.88 Å².